The van der Waals surface area contributed by atoms with Gasteiger partial charge < -0.3 is 0 Å². The van der Waals surface area contributed by atoms with Crippen LogP contribution in [0.1, 0.15) is 6.92 Å². The molecule has 0 amide bonds. The molecule has 0 saturated heterocycles. The average molecular weight is 152 g/mol. The molecule has 0 N–H and O–H groups in total. The quantitative estimate of drug-likeness (QED) is 0.484. The zero-order chi connectivity index (χ0) is 7.40. The van der Waals surface area contributed by atoms with E-state index in [1.54, 1.807) is 12.4 Å². The van der Waals surface area contributed by atoms with Crippen molar-refractivity contribution in [3.8, 4) is 0 Å². The first kappa shape index (κ1) is 7.28. The van der Waals surface area contributed by atoms with Crippen molar-refractivity contribution in [2.45, 2.75) is 11.8 Å². The smallest absolute Gasteiger partial charge is 0.165 e. The fraction of sp³-hybridized carbons (Fsp3) is 0.143. The van der Waals surface area contributed by atoms with Crippen LogP contribution in [0.5, 0.6) is 0 Å². The highest BCUT2D eigenvalue weighted by Gasteiger charge is 1.92. The molecule has 0 spiro atoms. The molecule has 0 saturated carbocycles. The lowest BCUT2D eigenvalue weighted by Gasteiger charge is -1.93. The van der Waals surface area contributed by atoms with E-state index in [4.69, 9.17) is 0 Å². The van der Waals surface area contributed by atoms with E-state index in [0.29, 0.717) is 5.82 Å². The molecule has 0 fully saturated rings. The number of pyridine rings is 1. The Hall–Kier alpha value is -0.830. The van der Waals surface area contributed by atoms with Crippen LogP contribution in [0.3, 0.4) is 0 Å². The summed E-state index contributed by atoms with van der Waals surface area (Å²) in [5.41, 5.74) is 0. The van der Waals surface area contributed by atoms with E-state index >= 15 is 0 Å². The van der Waals surface area contributed by atoms with Crippen LogP contribution in [-0.2, 0) is 0 Å². The van der Waals surface area contributed by atoms with Crippen LogP contribution < -0.4 is 0 Å². The summed E-state index contributed by atoms with van der Waals surface area (Å²) in [5, 5.41) is 0. The Kier molecular flexibility index (Phi) is 2.45. The largest absolute Gasteiger partial charge is 0.241 e. The Morgan fingerprint density at radius 3 is 3.10 bits per heavy atom. The van der Waals surface area contributed by atoms with Crippen molar-refractivity contribution in [3.05, 3.63) is 18.3 Å². The number of thiol groups is 1. The van der Waals surface area contributed by atoms with Gasteiger partial charge in [-0.2, -0.15) is 0 Å². The molecule has 52 valence electrons. The molecular weight excluding hydrogens is 144 g/mol. The van der Waals surface area contributed by atoms with Gasteiger partial charge >= 0.3 is 0 Å². The van der Waals surface area contributed by atoms with E-state index in [-0.39, 0.29) is 0 Å². The van der Waals surface area contributed by atoms with Crippen LogP contribution in [0, 0.1) is 0 Å². The molecule has 0 unspecified atom stereocenters. The second kappa shape index (κ2) is 3.37. The Balaban J connectivity index is 3.03. The highest BCUT2D eigenvalue weighted by molar-refractivity contribution is 7.80. The third kappa shape index (κ3) is 1.57. The third-order valence-corrected chi connectivity index (χ3v) is 1.37. The van der Waals surface area contributed by atoms with Crippen molar-refractivity contribution in [1.82, 2.24) is 4.98 Å². The normalized spacial score (nSPS) is 10.6. The van der Waals surface area contributed by atoms with Crippen LogP contribution >= 0.6 is 12.6 Å². The van der Waals surface area contributed by atoms with E-state index < -0.39 is 0 Å². The van der Waals surface area contributed by atoms with Crippen LogP contribution in [-0.4, -0.2) is 11.2 Å². The minimum atomic E-state index is 0.674. The molecule has 1 aromatic rings. The minimum absolute atomic E-state index is 0.674. The maximum Gasteiger partial charge on any atom is 0.165 e. The van der Waals surface area contributed by atoms with Crippen LogP contribution in [0.4, 0.5) is 5.82 Å². The number of hydrogen-bond donors (Lipinski definition) is 1. The number of nitrogens with zero attached hydrogens (tertiary/aromatic N) is 2. The molecule has 10 heavy (non-hydrogen) atoms. The molecule has 0 aliphatic rings. The van der Waals surface area contributed by atoms with Crippen molar-refractivity contribution in [3.63, 3.8) is 0 Å². The lowest BCUT2D eigenvalue weighted by Crippen LogP contribution is -1.74. The lowest BCUT2D eigenvalue weighted by atomic mass is 10.5. The summed E-state index contributed by atoms with van der Waals surface area (Å²) in [6.07, 6.45) is 3.39. The van der Waals surface area contributed by atoms with Gasteiger partial charge in [-0.15, -0.1) is 12.6 Å². The second-order valence-corrected chi connectivity index (χ2v) is 2.22. The molecule has 0 aliphatic carbocycles. The first-order valence-corrected chi connectivity index (χ1v) is 3.42. The van der Waals surface area contributed by atoms with E-state index in [1.165, 1.54) is 0 Å². The Morgan fingerprint density at radius 1 is 1.70 bits per heavy atom. The Morgan fingerprint density at radius 2 is 2.50 bits per heavy atom. The topological polar surface area (TPSA) is 25.2 Å². The van der Waals surface area contributed by atoms with Crippen molar-refractivity contribution in [2.75, 3.05) is 0 Å². The second-order valence-electron chi connectivity index (χ2n) is 1.73. The molecule has 3 heteroatoms. The van der Waals surface area contributed by atoms with Crippen molar-refractivity contribution >= 4 is 24.7 Å². The summed E-state index contributed by atoms with van der Waals surface area (Å²) >= 11 is 4.16. The van der Waals surface area contributed by atoms with Gasteiger partial charge in [-0.25, -0.2) is 9.98 Å². The molecule has 1 heterocycles. The van der Waals surface area contributed by atoms with Gasteiger partial charge in [0.25, 0.3) is 0 Å². The zero-order valence-electron chi connectivity index (χ0n) is 5.65. The van der Waals surface area contributed by atoms with Gasteiger partial charge in [0, 0.05) is 17.3 Å². The fourth-order valence-corrected chi connectivity index (χ4v) is 0.812. The van der Waals surface area contributed by atoms with Gasteiger partial charge in [0.05, 0.1) is 0 Å². The van der Waals surface area contributed by atoms with Gasteiger partial charge in [0.1, 0.15) is 0 Å². The number of rotatable bonds is 1. The SMILES string of the molecule is C/C=N\c1ncccc1S. The Labute approximate surface area is 65.4 Å². The van der Waals surface area contributed by atoms with Crippen LogP contribution in [0.15, 0.2) is 28.2 Å². The van der Waals surface area contributed by atoms with Crippen molar-refractivity contribution < 1.29 is 0 Å². The molecule has 0 bridgehead atoms. The minimum Gasteiger partial charge on any atom is -0.241 e. The number of aliphatic imine (C=N–C) groups is 1. The molecule has 1 aromatic heterocycles. The monoisotopic (exact) mass is 152 g/mol. The number of aromatic nitrogens is 1. The van der Waals surface area contributed by atoms with Gasteiger partial charge in [-0.05, 0) is 19.1 Å². The Bertz CT molecular complexity index is 245. The lowest BCUT2D eigenvalue weighted by molar-refractivity contribution is 1.20. The van der Waals surface area contributed by atoms with Crippen LogP contribution in [0.25, 0.3) is 0 Å². The van der Waals surface area contributed by atoms with E-state index in [1.807, 2.05) is 19.1 Å². The summed E-state index contributed by atoms with van der Waals surface area (Å²) in [6, 6.07) is 3.69. The zero-order valence-corrected chi connectivity index (χ0v) is 6.55. The van der Waals surface area contributed by atoms with E-state index in [0.717, 1.165) is 4.90 Å². The highest BCUT2D eigenvalue weighted by Crippen LogP contribution is 2.17. The van der Waals surface area contributed by atoms with E-state index in [2.05, 4.69) is 22.6 Å². The van der Waals surface area contributed by atoms with Gasteiger partial charge in [-0.1, -0.05) is 0 Å². The van der Waals surface area contributed by atoms with Crippen molar-refractivity contribution in [1.29, 1.82) is 0 Å². The first-order chi connectivity index (χ1) is 4.84. The maximum atomic E-state index is 4.16. The molecule has 0 radical (unpaired) electrons. The van der Waals surface area contributed by atoms with Gasteiger partial charge in [0.15, 0.2) is 5.82 Å². The maximum absolute atomic E-state index is 4.16. The molecular formula is C7H8N2S. The standard InChI is InChI=1S/C7H8N2S/c1-2-8-7-6(10)4-3-5-9-7/h2-5,10H,1H3/b8-2-. The molecule has 0 aromatic carbocycles. The summed E-state index contributed by atoms with van der Waals surface area (Å²) in [4.78, 5) is 8.79. The summed E-state index contributed by atoms with van der Waals surface area (Å²) in [7, 11) is 0. The van der Waals surface area contributed by atoms with E-state index in [9.17, 15) is 0 Å². The third-order valence-electron chi connectivity index (χ3n) is 1.02. The van der Waals surface area contributed by atoms with Gasteiger partial charge in [-0.3, -0.25) is 0 Å². The predicted molar refractivity (Wildman–Crippen MR) is 45.3 cm³/mol. The fourth-order valence-electron chi connectivity index (χ4n) is 0.610. The highest BCUT2D eigenvalue weighted by atomic mass is 32.1. The molecule has 1 rings (SSSR count). The summed E-state index contributed by atoms with van der Waals surface area (Å²) < 4.78 is 0. The van der Waals surface area contributed by atoms with Crippen molar-refractivity contribution in [2.24, 2.45) is 4.99 Å². The predicted octanol–water partition coefficient (Wildman–Crippen LogP) is 2.09. The summed E-state index contributed by atoms with van der Waals surface area (Å²) in [6.45, 7) is 1.85. The number of hydrogen-bond acceptors (Lipinski definition) is 3. The molecule has 0 atom stereocenters. The summed E-state index contributed by atoms with van der Waals surface area (Å²) in [5.74, 6) is 0.674. The average Bonchev–Trinajstić information content (AvgIpc) is 1.94. The molecule has 2 nitrogen and oxygen atoms in total. The van der Waals surface area contributed by atoms with Gasteiger partial charge in [0.2, 0.25) is 0 Å². The van der Waals surface area contributed by atoms with Crippen LogP contribution in [0.2, 0.25) is 0 Å². The first-order valence-electron chi connectivity index (χ1n) is 2.97. The molecule has 0 aliphatic heterocycles.